The molecule has 0 unspecified atom stereocenters. The van der Waals surface area contributed by atoms with Crippen LogP contribution in [0.3, 0.4) is 0 Å². The number of ketones is 1. The number of pyridine rings is 1. The van der Waals surface area contributed by atoms with Gasteiger partial charge in [-0.05, 0) is 60.2 Å². The zero-order chi connectivity index (χ0) is 21.2. The summed E-state index contributed by atoms with van der Waals surface area (Å²) in [7, 11) is 0. The van der Waals surface area contributed by atoms with Crippen LogP contribution >= 0.6 is 0 Å². The summed E-state index contributed by atoms with van der Waals surface area (Å²) in [6, 6.07) is 28.2. The molecular formula is C28H24N2O. The molecule has 0 fully saturated rings. The van der Waals surface area contributed by atoms with Crippen molar-refractivity contribution < 1.29 is 4.79 Å². The first-order valence-corrected chi connectivity index (χ1v) is 10.7. The van der Waals surface area contributed by atoms with Crippen molar-refractivity contribution in [1.29, 1.82) is 0 Å². The highest BCUT2D eigenvalue weighted by Gasteiger charge is 2.22. The Bertz CT molecular complexity index is 1250. The van der Waals surface area contributed by atoms with Crippen molar-refractivity contribution in [2.75, 3.05) is 11.4 Å². The predicted molar refractivity (Wildman–Crippen MR) is 126 cm³/mol. The molecule has 31 heavy (non-hydrogen) atoms. The number of hydrogen-bond acceptors (Lipinski definition) is 3. The van der Waals surface area contributed by atoms with Crippen LogP contribution < -0.4 is 4.90 Å². The highest BCUT2D eigenvalue weighted by molar-refractivity contribution is 6.13. The van der Waals surface area contributed by atoms with E-state index in [0.717, 1.165) is 47.6 Å². The number of rotatable bonds is 4. The fourth-order valence-electron chi connectivity index (χ4n) is 4.33. The summed E-state index contributed by atoms with van der Waals surface area (Å²) in [6.07, 6.45) is 3.95. The largest absolute Gasteiger partial charge is 0.326 e. The molecule has 152 valence electrons. The Kier molecular flexibility index (Phi) is 5.09. The number of carbonyl (C=O) groups excluding carboxylic acids is 1. The molecule has 0 N–H and O–H groups in total. The van der Waals surface area contributed by atoms with E-state index in [1.807, 2.05) is 79.0 Å². The summed E-state index contributed by atoms with van der Waals surface area (Å²) in [5.74, 6) is 0.986. The van der Waals surface area contributed by atoms with Crippen LogP contribution in [0.4, 0.5) is 11.5 Å². The van der Waals surface area contributed by atoms with Gasteiger partial charge in [-0.15, -0.1) is 0 Å². The number of anilines is 2. The van der Waals surface area contributed by atoms with Gasteiger partial charge in [-0.25, -0.2) is 4.98 Å². The molecule has 2 heterocycles. The number of carbonyl (C=O) groups is 1. The third-order valence-corrected chi connectivity index (χ3v) is 5.90. The monoisotopic (exact) mass is 404 g/mol. The Balaban J connectivity index is 1.56. The smallest absolute Gasteiger partial charge is 0.193 e. The molecule has 3 nitrogen and oxygen atoms in total. The van der Waals surface area contributed by atoms with Crippen molar-refractivity contribution >= 4 is 17.3 Å². The summed E-state index contributed by atoms with van der Waals surface area (Å²) in [4.78, 5) is 20.4. The lowest BCUT2D eigenvalue weighted by Crippen LogP contribution is -2.25. The van der Waals surface area contributed by atoms with E-state index in [4.69, 9.17) is 0 Å². The van der Waals surface area contributed by atoms with Gasteiger partial charge in [-0.1, -0.05) is 66.7 Å². The van der Waals surface area contributed by atoms with Crippen molar-refractivity contribution in [3.8, 4) is 11.1 Å². The molecule has 0 bridgehead atoms. The molecule has 0 saturated carbocycles. The lowest BCUT2D eigenvalue weighted by atomic mass is 9.92. The van der Waals surface area contributed by atoms with Crippen LogP contribution in [-0.4, -0.2) is 17.3 Å². The third kappa shape index (κ3) is 3.75. The Morgan fingerprint density at radius 3 is 2.55 bits per heavy atom. The van der Waals surface area contributed by atoms with Crippen LogP contribution in [0.1, 0.15) is 33.5 Å². The summed E-state index contributed by atoms with van der Waals surface area (Å²) < 4.78 is 0. The number of fused-ring (bicyclic) bond motifs is 1. The van der Waals surface area contributed by atoms with E-state index in [2.05, 4.69) is 28.9 Å². The fraction of sp³-hybridized carbons (Fsp3) is 0.143. The summed E-state index contributed by atoms with van der Waals surface area (Å²) >= 11 is 0. The minimum Gasteiger partial charge on any atom is -0.326 e. The predicted octanol–water partition coefficient (Wildman–Crippen LogP) is 6.37. The van der Waals surface area contributed by atoms with Crippen LogP contribution in [0.15, 0.2) is 91.1 Å². The van der Waals surface area contributed by atoms with Crippen molar-refractivity contribution in [1.82, 2.24) is 4.98 Å². The van der Waals surface area contributed by atoms with E-state index in [1.54, 1.807) is 0 Å². The van der Waals surface area contributed by atoms with Crippen LogP contribution in [-0.2, 0) is 6.42 Å². The van der Waals surface area contributed by atoms with Gasteiger partial charge in [-0.2, -0.15) is 0 Å². The molecule has 0 atom stereocenters. The first-order valence-electron chi connectivity index (χ1n) is 10.7. The lowest BCUT2D eigenvalue weighted by molar-refractivity contribution is 0.103. The zero-order valence-corrected chi connectivity index (χ0v) is 17.6. The van der Waals surface area contributed by atoms with Crippen LogP contribution in [0.5, 0.6) is 0 Å². The first-order chi connectivity index (χ1) is 15.2. The molecule has 3 aromatic carbocycles. The number of nitrogens with zero attached hydrogens (tertiary/aromatic N) is 2. The molecule has 0 amide bonds. The van der Waals surface area contributed by atoms with E-state index in [1.165, 1.54) is 11.1 Å². The van der Waals surface area contributed by atoms with Gasteiger partial charge < -0.3 is 4.90 Å². The minimum absolute atomic E-state index is 0.0463. The molecule has 1 aromatic heterocycles. The maximum atomic E-state index is 13.6. The normalized spacial score (nSPS) is 13.0. The average molecular weight is 405 g/mol. The van der Waals surface area contributed by atoms with Crippen molar-refractivity contribution in [2.24, 2.45) is 0 Å². The maximum Gasteiger partial charge on any atom is 0.193 e. The van der Waals surface area contributed by atoms with Crippen LogP contribution in [0, 0.1) is 6.92 Å². The lowest BCUT2D eigenvalue weighted by Gasteiger charge is -2.31. The summed E-state index contributed by atoms with van der Waals surface area (Å²) in [6.45, 7) is 2.98. The third-order valence-electron chi connectivity index (χ3n) is 5.90. The SMILES string of the molecule is Cc1ccnc(N2CCCc3ccc(C(=O)c4ccccc4-c4ccccc4)cc32)c1. The molecule has 4 aromatic rings. The van der Waals surface area contributed by atoms with Gasteiger partial charge in [0.05, 0.1) is 0 Å². The van der Waals surface area contributed by atoms with Crippen molar-refractivity contribution in [3.05, 3.63) is 113 Å². The molecule has 3 heteroatoms. The van der Waals surface area contributed by atoms with Gasteiger partial charge in [0.2, 0.25) is 0 Å². The van der Waals surface area contributed by atoms with Gasteiger partial charge in [0, 0.05) is 29.6 Å². The summed E-state index contributed by atoms with van der Waals surface area (Å²) in [5.41, 5.74) is 6.99. The van der Waals surface area contributed by atoms with Crippen molar-refractivity contribution in [3.63, 3.8) is 0 Å². The quantitative estimate of drug-likeness (QED) is 0.370. The second-order valence-electron chi connectivity index (χ2n) is 8.03. The maximum absolute atomic E-state index is 13.6. The molecule has 0 spiro atoms. The van der Waals surface area contributed by atoms with Crippen molar-refractivity contribution in [2.45, 2.75) is 19.8 Å². The molecule has 1 aliphatic heterocycles. The molecule has 0 aliphatic carbocycles. The van der Waals surface area contributed by atoms with E-state index >= 15 is 0 Å². The number of benzene rings is 3. The first kappa shape index (κ1) is 19.3. The molecule has 1 aliphatic rings. The highest BCUT2D eigenvalue weighted by Crippen LogP contribution is 2.34. The average Bonchev–Trinajstić information content (AvgIpc) is 2.83. The second kappa shape index (κ2) is 8.19. The number of aromatic nitrogens is 1. The Hall–Kier alpha value is -3.72. The van der Waals surface area contributed by atoms with Gasteiger partial charge in [0.25, 0.3) is 0 Å². The van der Waals surface area contributed by atoms with Gasteiger partial charge in [-0.3, -0.25) is 4.79 Å². The van der Waals surface area contributed by atoms with Gasteiger partial charge in [0.15, 0.2) is 5.78 Å². The van der Waals surface area contributed by atoms with Crippen LogP contribution in [0.2, 0.25) is 0 Å². The Morgan fingerprint density at radius 1 is 0.903 bits per heavy atom. The highest BCUT2D eigenvalue weighted by atomic mass is 16.1. The number of aryl methyl sites for hydroxylation is 2. The Morgan fingerprint density at radius 2 is 1.71 bits per heavy atom. The van der Waals surface area contributed by atoms with E-state index in [-0.39, 0.29) is 5.78 Å². The van der Waals surface area contributed by atoms with E-state index < -0.39 is 0 Å². The number of hydrogen-bond donors (Lipinski definition) is 0. The van der Waals surface area contributed by atoms with E-state index in [0.29, 0.717) is 5.56 Å². The zero-order valence-electron chi connectivity index (χ0n) is 17.6. The van der Waals surface area contributed by atoms with E-state index in [9.17, 15) is 4.79 Å². The molecule has 0 saturated heterocycles. The minimum atomic E-state index is 0.0463. The standard InChI is InChI=1S/C28H24N2O/c1-20-15-16-29-27(18-20)30-17-7-10-22-13-14-23(19-26(22)30)28(31)25-12-6-5-11-24(25)21-8-3-2-4-9-21/h2-6,8-9,11-16,18-19H,7,10,17H2,1H3. The molecule has 0 radical (unpaired) electrons. The second-order valence-corrected chi connectivity index (χ2v) is 8.03. The van der Waals surface area contributed by atoms with Gasteiger partial charge >= 0.3 is 0 Å². The topological polar surface area (TPSA) is 33.2 Å². The molecule has 5 rings (SSSR count). The van der Waals surface area contributed by atoms with Gasteiger partial charge in [0.1, 0.15) is 5.82 Å². The summed E-state index contributed by atoms with van der Waals surface area (Å²) in [5, 5.41) is 0. The fourth-order valence-corrected chi connectivity index (χ4v) is 4.33. The Labute approximate surface area is 183 Å². The van der Waals surface area contributed by atoms with Crippen LogP contribution in [0.25, 0.3) is 11.1 Å². The molecular weight excluding hydrogens is 380 g/mol.